The topological polar surface area (TPSA) is 79.5 Å². The summed E-state index contributed by atoms with van der Waals surface area (Å²) in [4.78, 5) is 23.9. The molecule has 1 heterocycles. The van der Waals surface area contributed by atoms with Crippen molar-refractivity contribution in [3.63, 3.8) is 0 Å². The summed E-state index contributed by atoms with van der Waals surface area (Å²) in [6.45, 7) is -0.269. The van der Waals surface area contributed by atoms with Crippen molar-refractivity contribution < 1.29 is 19.4 Å². The first-order chi connectivity index (χ1) is 12.8. The standard InChI is InChI=1S/C19H14Cl2FNO4/c20-13-3-1-2-10(16(13)21)8-11-4-5-14-15(17(11)22)18(25)12(19(26)27)9-23(14)6-7-24/h1-5,9,24H,6-8H2,(H,26,27). The molecule has 0 saturated carbocycles. The molecule has 8 heteroatoms. The normalized spacial score (nSPS) is 11.1. The van der Waals surface area contributed by atoms with Gasteiger partial charge < -0.3 is 14.8 Å². The fourth-order valence-electron chi connectivity index (χ4n) is 2.95. The highest BCUT2D eigenvalue weighted by atomic mass is 35.5. The van der Waals surface area contributed by atoms with E-state index in [1.807, 2.05) is 0 Å². The van der Waals surface area contributed by atoms with Crippen molar-refractivity contribution in [1.82, 2.24) is 4.57 Å². The largest absolute Gasteiger partial charge is 0.477 e. The van der Waals surface area contributed by atoms with E-state index >= 15 is 4.39 Å². The molecule has 0 amide bonds. The molecule has 0 unspecified atom stereocenters. The third kappa shape index (κ3) is 3.56. The third-order valence-electron chi connectivity index (χ3n) is 4.25. The van der Waals surface area contributed by atoms with Crippen molar-refractivity contribution >= 4 is 40.1 Å². The summed E-state index contributed by atoms with van der Waals surface area (Å²) in [5, 5.41) is 18.7. The van der Waals surface area contributed by atoms with Crippen LogP contribution in [0.15, 0.2) is 41.3 Å². The molecule has 3 aromatic rings. The van der Waals surface area contributed by atoms with Gasteiger partial charge in [-0.1, -0.05) is 41.4 Å². The Morgan fingerprint density at radius 3 is 2.56 bits per heavy atom. The third-order valence-corrected chi connectivity index (χ3v) is 5.11. The fraction of sp³-hybridized carbons (Fsp3) is 0.158. The Kier molecular flexibility index (Phi) is 5.51. The van der Waals surface area contributed by atoms with E-state index in [1.54, 1.807) is 18.2 Å². The molecule has 0 aliphatic rings. The van der Waals surface area contributed by atoms with Gasteiger partial charge in [0.25, 0.3) is 0 Å². The zero-order chi connectivity index (χ0) is 19.7. The number of pyridine rings is 1. The first kappa shape index (κ1) is 19.4. The van der Waals surface area contributed by atoms with Gasteiger partial charge in [0.1, 0.15) is 11.4 Å². The number of aromatic carboxylic acids is 1. The first-order valence-electron chi connectivity index (χ1n) is 7.96. The number of fused-ring (bicyclic) bond motifs is 1. The second-order valence-corrected chi connectivity index (χ2v) is 6.70. The molecule has 140 valence electrons. The highest BCUT2D eigenvalue weighted by Crippen LogP contribution is 2.29. The molecule has 2 N–H and O–H groups in total. The van der Waals surface area contributed by atoms with Crippen LogP contribution >= 0.6 is 23.2 Å². The van der Waals surface area contributed by atoms with Gasteiger partial charge in [-0.2, -0.15) is 0 Å². The van der Waals surface area contributed by atoms with Gasteiger partial charge in [0.2, 0.25) is 5.43 Å². The van der Waals surface area contributed by atoms with E-state index in [-0.39, 0.29) is 41.1 Å². The van der Waals surface area contributed by atoms with E-state index in [4.69, 9.17) is 23.2 Å². The van der Waals surface area contributed by atoms with Gasteiger partial charge in [-0.3, -0.25) is 4.79 Å². The number of hydrogen-bond acceptors (Lipinski definition) is 3. The fourth-order valence-corrected chi connectivity index (χ4v) is 3.34. The van der Waals surface area contributed by atoms with Gasteiger partial charge in [-0.05, 0) is 23.3 Å². The van der Waals surface area contributed by atoms with Crippen LogP contribution in [0.1, 0.15) is 21.5 Å². The van der Waals surface area contributed by atoms with Crippen LogP contribution in [-0.4, -0.2) is 27.4 Å². The average molecular weight is 410 g/mol. The number of benzene rings is 2. The molecular weight excluding hydrogens is 396 g/mol. The molecular formula is C19H14Cl2FNO4. The number of carboxylic acids is 1. The maximum absolute atomic E-state index is 15.2. The number of nitrogens with zero attached hydrogens (tertiary/aromatic N) is 1. The summed E-state index contributed by atoms with van der Waals surface area (Å²) in [6, 6.07) is 8.00. The Balaban J connectivity index is 2.24. The van der Waals surface area contributed by atoms with Crippen molar-refractivity contribution in [2.45, 2.75) is 13.0 Å². The summed E-state index contributed by atoms with van der Waals surface area (Å²) in [6.07, 6.45) is 1.19. The van der Waals surface area contributed by atoms with E-state index in [1.165, 1.54) is 16.7 Å². The van der Waals surface area contributed by atoms with Gasteiger partial charge in [-0.15, -0.1) is 0 Å². The molecule has 27 heavy (non-hydrogen) atoms. The zero-order valence-corrected chi connectivity index (χ0v) is 15.4. The molecule has 0 spiro atoms. The monoisotopic (exact) mass is 409 g/mol. The number of aliphatic hydroxyl groups excluding tert-OH is 1. The van der Waals surface area contributed by atoms with Gasteiger partial charge in [-0.25, -0.2) is 9.18 Å². The van der Waals surface area contributed by atoms with E-state index < -0.39 is 22.8 Å². The molecule has 2 aromatic carbocycles. The quantitative estimate of drug-likeness (QED) is 0.672. The van der Waals surface area contributed by atoms with Crippen LogP contribution in [-0.2, 0) is 13.0 Å². The Morgan fingerprint density at radius 2 is 1.89 bits per heavy atom. The van der Waals surface area contributed by atoms with Crippen LogP contribution in [0.25, 0.3) is 10.9 Å². The highest BCUT2D eigenvalue weighted by molar-refractivity contribution is 6.42. The number of halogens is 3. The Morgan fingerprint density at radius 1 is 1.15 bits per heavy atom. The van der Waals surface area contributed by atoms with Crippen LogP contribution < -0.4 is 5.43 Å². The molecule has 3 rings (SSSR count). The molecule has 0 radical (unpaired) electrons. The smallest absolute Gasteiger partial charge is 0.341 e. The van der Waals surface area contributed by atoms with E-state index in [0.29, 0.717) is 10.6 Å². The number of aromatic nitrogens is 1. The van der Waals surface area contributed by atoms with Crippen molar-refractivity contribution in [1.29, 1.82) is 0 Å². The summed E-state index contributed by atoms with van der Waals surface area (Å²) in [5.41, 5.74) is -0.511. The van der Waals surface area contributed by atoms with Crippen molar-refractivity contribution in [2.24, 2.45) is 0 Å². The Labute approximate surface area is 163 Å². The number of rotatable bonds is 5. The van der Waals surface area contributed by atoms with E-state index in [9.17, 15) is 19.8 Å². The lowest BCUT2D eigenvalue weighted by molar-refractivity contribution is 0.0694. The maximum atomic E-state index is 15.2. The minimum Gasteiger partial charge on any atom is -0.477 e. The van der Waals surface area contributed by atoms with Gasteiger partial charge in [0.05, 0.1) is 27.6 Å². The van der Waals surface area contributed by atoms with Crippen molar-refractivity contribution in [3.05, 3.63) is 79.3 Å². The summed E-state index contributed by atoms with van der Waals surface area (Å²) in [5.74, 6) is -2.28. The van der Waals surface area contributed by atoms with E-state index in [2.05, 4.69) is 0 Å². The second kappa shape index (κ2) is 7.68. The van der Waals surface area contributed by atoms with Crippen LogP contribution in [0, 0.1) is 5.82 Å². The van der Waals surface area contributed by atoms with E-state index in [0.717, 1.165) is 6.20 Å². The minimum atomic E-state index is -1.46. The van der Waals surface area contributed by atoms with Crippen LogP contribution in [0.5, 0.6) is 0 Å². The minimum absolute atomic E-state index is 0.0238. The number of aliphatic hydroxyl groups is 1. The second-order valence-electron chi connectivity index (χ2n) is 5.92. The number of carbonyl (C=O) groups is 1. The van der Waals surface area contributed by atoms with Crippen molar-refractivity contribution in [3.8, 4) is 0 Å². The predicted octanol–water partition coefficient (Wildman–Crippen LogP) is 3.73. The molecule has 0 saturated heterocycles. The number of hydrogen-bond donors (Lipinski definition) is 2. The lowest BCUT2D eigenvalue weighted by atomic mass is 10.0. The molecule has 0 aliphatic carbocycles. The Hall–Kier alpha value is -2.41. The summed E-state index contributed by atoms with van der Waals surface area (Å²) < 4.78 is 16.5. The Bertz CT molecular complexity index is 1110. The SMILES string of the molecule is O=C(O)c1cn(CCO)c2ccc(Cc3cccc(Cl)c3Cl)c(F)c2c1=O. The number of carboxylic acid groups (broad SMARTS) is 1. The molecule has 0 aliphatic heterocycles. The van der Waals surface area contributed by atoms with Crippen molar-refractivity contribution in [2.75, 3.05) is 6.61 Å². The molecule has 0 bridgehead atoms. The highest BCUT2D eigenvalue weighted by Gasteiger charge is 2.20. The maximum Gasteiger partial charge on any atom is 0.341 e. The van der Waals surface area contributed by atoms with Crippen LogP contribution in [0.4, 0.5) is 4.39 Å². The molecule has 5 nitrogen and oxygen atoms in total. The average Bonchev–Trinajstić information content (AvgIpc) is 2.62. The van der Waals surface area contributed by atoms with Crippen LogP contribution in [0.2, 0.25) is 10.0 Å². The predicted molar refractivity (Wildman–Crippen MR) is 101 cm³/mol. The first-order valence-corrected chi connectivity index (χ1v) is 8.72. The zero-order valence-electron chi connectivity index (χ0n) is 13.9. The van der Waals surface area contributed by atoms with Crippen LogP contribution in [0.3, 0.4) is 0 Å². The lowest BCUT2D eigenvalue weighted by Gasteiger charge is -2.14. The molecule has 0 fully saturated rings. The van der Waals surface area contributed by atoms with Gasteiger partial charge in [0.15, 0.2) is 0 Å². The molecule has 1 aromatic heterocycles. The van der Waals surface area contributed by atoms with Gasteiger partial charge >= 0.3 is 5.97 Å². The summed E-state index contributed by atoms with van der Waals surface area (Å²) >= 11 is 12.1. The lowest BCUT2D eigenvalue weighted by Crippen LogP contribution is -2.21. The molecule has 0 atom stereocenters. The summed E-state index contributed by atoms with van der Waals surface area (Å²) in [7, 11) is 0. The van der Waals surface area contributed by atoms with Gasteiger partial charge in [0, 0.05) is 19.2 Å².